The molecule has 0 aromatic carbocycles. The highest BCUT2D eigenvalue weighted by molar-refractivity contribution is 9.10. The molecular formula is C19H36Br2O4. The topological polar surface area (TPSA) is 66.8 Å². The Bertz CT molecular complexity index is 329. The zero-order chi connectivity index (χ0) is 19.1. The number of hydrogen-bond acceptors (Lipinski definition) is 4. The van der Waals surface area contributed by atoms with E-state index in [1.165, 1.54) is 7.11 Å². The third kappa shape index (κ3) is 14.1. The average Bonchev–Trinajstić information content (AvgIpc) is 2.60. The van der Waals surface area contributed by atoms with E-state index in [2.05, 4.69) is 43.5 Å². The van der Waals surface area contributed by atoms with E-state index in [1.807, 2.05) is 0 Å². The summed E-state index contributed by atoms with van der Waals surface area (Å²) in [7, 11) is 1.42. The van der Waals surface area contributed by atoms with Crippen molar-refractivity contribution in [2.24, 2.45) is 0 Å². The first-order valence-corrected chi connectivity index (χ1v) is 11.5. The van der Waals surface area contributed by atoms with Gasteiger partial charge in [-0.25, -0.2) is 0 Å². The summed E-state index contributed by atoms with van der Waals surface area (Å²) in [5.41, 5.74) is 0. The van der Waals surface area contributed by atoms with Crippen LogP contribution < -0.4 is 0 Å². The molecule has 0 rings (SSSR count). The van der Waals surface area contributed by atoms with Gasteiger partial charge in [-0.1, -0.05) is 83.7 Å². The summed E-state index contributed by atoms with van der Waals surface area (Å²) in [6, 6.07) is 0. The SMILES string of the molecule is CCCCCC(O)C(Br)CC(Br)C(O)CCCCCCCC(=O)OC. The van der Waals surface area contributed by atoms with Gasteiger partial charge in [0, 0.05) is 16.1 Å². The minimum atomic E-state index is -0.391. The number of rotatable bonds is 16. The fourth-order valence-corrected chi connectivity index (χ4v) is 4.59. The third-order valence-electron chi connectivity index (χ3n) is 4.50. The van der Waals surface area contributed by atoms with Gasteiger partial charge in [-0.3, -0.25) is 4.79 Å². The lowest BCUT2D eigenvalue weighted by Crippen LogP contribution is -2.29. The van der Waals surface area contributed by atoms with Crippen molar-refractivity contribution in [1.29, 1.82) is 0 Å². The van der Waals surface area contributed by atoms with Crippen LogP contribution in [0.25, 0.3) is 0 Å². The summed E-state index contributed by atoms with van der Waals surface area (Å²) in [4.78, 5) is 11.0. The number of methoxy groups -OCH3 is 1. The molecule has 0 bridgehead atoms. The number of carbonyl (C=O) groups excluding carboxylic acids is 1. The number of halogens is 2. The molecule has 0 spiro atoms. The van der Waals surface area contributed by atoms with Crippen LogP contribution in [-0.4, -0.2) is 45.2 Å². The van der Waals surface area contributed by atoms with E-state index in [9.17, 15) is 15.0 Å². The maximum atomic E-state index is 11.0. The number of aliphatic hydroxyl groups is 2. The summed E-state index contributed by atoms with van der Waals surface area (Å²) in [5, 5.41) is 20.4. The zero-order valence-electron chi connectivity index (χ0n) is 15.8. The molecule has 0 aliphatic rings. The van der Waals surface area contributed by atoms with Gasteiger partial charge in [-0.15, -0.1) is 0 Å². The highest BCUT2D eigenvalue weighted by atomic mass is 79.9. The first kappa shape index (κ1) is 25.4. The minimum absolute atomic E-state index is 0.00276. The minimum Gasteiger partial charge on any atom is -0.469 e. The van der Waals surface area contributed by atoms with Gasteiger partial charge in [0.05, 0.1) is 19.3 Å². The predicted molar refractivity (Wildman–Crippen MR) is 111 cm³/mol. The van der Waals surface area contributed by atoms with E-state index in [-0.39, 0.29) is 21.7 Å². The lowest BCUT2D eigenvalue weighted by Gasteiger charge is -2.23. The van der Waals surface area contributed by atoms with Gasteiger partial charge in [0.25, 0.3) is 0 Å². The van der Waals surface area contributed by atoms with E-state index >= 15 is 0 Å². The molecule has 4 unspecified atom stereocenters. The zero-order valence-corrected chi connectivity index (χ0v) is 18.9. The normalized spacial score (nSPS) is 16.2. The van der Waals surface area contributed by atoms with Crippen LogP contribution in [0.3, 0.4) is 0 Å². The van der Waals surface area contributed by atoms with Crippen LogP contribution in [0.15, 0.2) is 0 Å². The van der Waals surface area contributed by atoms with Crippen molar-refractivity contribution >= 4 is 37.8 Å². The van der Waals surface area contributed by atoms with Crippen molar-refractivity contribution in [3.05, 3.63) is 0 Å². The molecule has 150 valence electrons. The molecule has 0 aliphatic heterocycles. The highest BCUT2D eigenvalue weighted by Crippen LogP contribution is 2.25. The van der Waals surface area contributed by atoms with Crippen LogP contribution in [0.4, 0.5) is 0 Å². The monoisotopic (exact) mass is 486 g/mol. The summed E-state index contributed by atoms with van der Waals surface area (Å²) < 4.78 is 4.61. The van der Waals surface area contributed by atoms with E-state index < -0.39 is 6.10 Å². The molecule has 0 saturated carbocycles. The Morgan fingerprint density at radius 3 is 1.88 bits per heavy atom. The van der Waals surface area contributed by atoms with E-state index in [0.717, 1.165) is 64.2 Å². The Morgan fingerprint density at radius 1 is 0.880 bits per heavy atom. The molecule has 2 N–H and O–H groups in total. The lowest BCUT2D eigenvalue weighted by molar-refractivity contribution is -0.140. The second kappa shape index (κ2) is 16.5. The van der Waals surface area contributed by atoms with Crippen molar-refractivity contribution in [1.82, 2.24) is 0 Å². The summed E-state index contributed by atoms with van der Waals surface area (Å²) in [6.45, 7) is 2.15. The van der Waals surface area contributed by atoms with E-state index in [1.54, 1.807) is 0 Å². The standard InChI is InChI=1S/C19H36Br2O4/c1-3-4-8-11-17(22)15(20)14-16(21)18(23)12-9-6-5-7-10-13-19(24)25-2/h15-18,22-23H,3-14H2,1-2H3. The largest absolute Gasteiger partial charge is 0.469 e. The molecule has 0 heterocycles. The molecule has 25 heavy (non-hydrogen) atoms. The van der Waals surface area contributed by atoms with Crippen molar-refractivity contribution in [3.8, 4) is 0 Å². The van der Waals surface area contributed by atoms with Gasteiger partial charge >= 0.3 is 5.97 Å². The van der Waals surface area contributed by atoms with Gasteiger partial charge in [-0.2, -0.15) is 0 Å². The fourth-order valence-electron chi connectivity index (χ4n) is 2.75. The molecule has 6 heteroatoms. The maximum absolute atomic E-state index is 11.0. The second-order valence-electron chi connectivity index (χ2n) is 6.78. The summed E-state index contributed by atoms with van der Waals surface area (Å²) in [6.07, 6.45) is 10.4. The van der Waals surface area contributed by atoms with Gasteiger partial charge < -0.3 is 14.9 Å². The fraction of sp³-hybridized carbons (Fsp3) is 0.947. The van der Waals surface area contributed by atoms with Crippen LogP contribution in [-0.2, 0) is 9.53 Å². The number of unbranched alkanes of at least 4 members (excludes halogenated alkanes) is 6. The van der Waals surface area contributed by atoms with E-state index in [0.29, 0.717) is 12.8 Å². The molecule has 4 atom stereocenters. The first-order valence-electron chi connectivity index (χ1n) is 9.63. The lowest BCUT2D eigenvalue weighted by atomic mass is 10.0. The third-order valence-corrected chi connectivity index (χ3v) is 6.47. The molecule has 4 nitrogen and oxygen atoms in total. The van der Waals surface area contributed by atoms with Crippen LogP contribution in [0.5, 0.6) is 0 Å². The van der Waals surface area contributed by atoms with Crippen molar-refractivity contribution in [3.63, 3.8) is 0 Å². The molecule has 0 aromatic heterocycles. The summed E-state index contributed by atoms with van der Waals surface area (Å²) >= 11 is 7.13. The predicted octanol–water partition coefficient (Wildman–Crippen LogP) is 5.11. The van der Waals surface area contributed by atoms with Crippen LogP contribution in [0, 0.1) is 0 Å². The molecule has 0 aromatic rings. The van der Waals surface area contributed by atoms with Crippen LogP contribution in [0.2, 0.25) is 0 Å². The highest BCUT2D eigenvalue weighted by Gasteiger charge is 2.23. The Morgan fingerprint density at radius 2 is 1.36 bits per heavy atom. The summed E-state index contributed by atoms with van der Waals surface area (Å²) in [5.74, 6) is -0.140. The number of alkyl halides is 2. The van der Waals surface area contributed by atoms with Crippen molar-refractivity contribution < 1.29 is 19.7 Å². The number of ether oxygens (including phenoxy) is 1. The molecule has 0 saturated heterocycles. The van der Waals surface area contributed by atoms with Gasteiger partial charge in [-0.05, 0) is 25.7 Å². The number of carbonyl (C=O) groups is 1. The molecular weight excluding hydrogens is 452 g/mol. The van der Waals surface area contributed by atoms with E-state index in [4.69, 9.17) is 0 Å². The van der Waals surface area contributed by atoms with Crippen molar-refractivity contribution in [2.75, 3.05) is 7.11 Å². The Balaban J connectivity index is 3.73. The van der Waals surface area contributed by atoms with Gasteiger partial charge in [0.1, 0.15) is 0 Å². The van der Waals surface area contributed by atoms with Crippen molar-refractivity contribution in [2.45, 2.75) is 106 Å². The quantitative estimate of drug-likeness (QED) is 0.180. The Labute approximate surface area is 170 Å². The smallest absolute Gasteiger partial charge is 0.305 e. The number of aliphatic hydroxyl groups excluding tert-OH is 2. The molecule has 0 aliphatic carbocycles. The van der Waals surface area contributed by atoms with Crippen LogP contribution in [0.1, 0.15) is 84.0 Å². The van der Waals surface area contributed by atoms with Gasteiger partial charge in [0.2, 0.25) is 0 Å². The Kier molecular flexibility index (Phi) is 16.7. The average molecular weight is 488 g/mol. The maximum Gasteiger partial charge on any atom is 0.305 e. The second-order valence-corrected chi connectivity index (χ2v) is 9.13. The molecule has 0 amide bonds. The Hall–Kier alpha value is 0.350. The molecule has 0 radical (unpaired) electrons. The molecule has 0 fully saturated rings. The number of esters is 1. The first-order chi connectivity index (χ1) is 11.9. The number of hydrogen-bond donors (Lipinski definition) is 2. The van der Waals surface area contributed by atoms with Gasteiger partial charge in [0.15, 0.2) is 0 Å². The van der Waals surface area contributed by atoms with Crippen LogP contribution >= 0.6 is 31.9 Å².